The second-order valence-electron chi connectivity index (χ2n) is 1.50. The summed E-state index contributed by atoms with van der Waals surface area (Å²) in [5.41, 5.74) is -0.292. The van der Waals surface area contributed by atoms with Crippen molar-refractivity contribution < 1.29 is 9.84 Å². The van der Waals surface area contributed by atoms with Crippen molar-refractivity contribution in [2.24, 2.45) is 0 Å². The molecule has 1 heterocycles. The number of aliphatic hydroxyl groups excluding tert-OH is 1. The highest BCUT2D eigenvalue weighted by atomic mass is 32.2. The van der Waals surface area contributed by atoms with Gasteiger partial charge in [0.15, 0.2) is 0 Å². The van der Waals surface area contributed by atoms with Crippen LogP contribution in [0.2, 0.25) is 0 Å². The van der Waals surface area contributed by atoms with E-state index in [0.717, 1.165) is 6.61 Å². The van der Waals surface area contributed by atoms with Gasteiger partial charge in [0.2, 0.25) is 0 Å². The molecule has 1 N–H and O–H groups in total. The van der Waals surface area contributed by atoms with Crippen LogP contribution in [0.1, 0.15) is 0 Å². The van der Waals surface area contributed by atoms with Gasteiger partial charge in [0.1, 0.15) is 11.5 Å². The molecule has 42 valence electrons. The lowest BCUT2D eigenvalue weighted by Crippen LogP contribution is -2.07. The molecule has 1 aliphatic rings. The zero-order valence-corrected chi connectivity index (χ0v) is 4.94. The normalized spacial score (nSPS) is 32.6. The molecule has 0 radical (unpaired) electrons. The molecule has 2 atom stereocenters. The van der Waals surface area contributed by atoms with E-state index in [1.165, 1.54) is 11.8 Å². The van der Waals surface area contributed by atoms with Crippen molar-refractivity contribution in [3.05, 3.63) is 0 Å². The van der Waals surface area contributed by atoms with E-state index in [9.17, 15) is 0 Å². The Morgan fingerprint density at radius 1 is 2.00 bits per heavy atom. The monoisotopic (exact) mass is 120 g/mol. The number of thioether (sulfide) groups is 1. The van der Waals surface area contributed by atoms with Gasteiger partial charge >= 0.3 is 0 Å². The smallest absolute Gasteiger partial charge is 0.127 e. The van der Waals surface area contributed by atoms with Gasteiger partial charge in [-0.3, -0.25) is 0 Å². The van der Waals surface area contributed by atoms with Crippen molar-refractivity contribution in [2.75, 3.05) is 12.9 Å². The molecule has 7 heavy (non-hydrogen) atoms. The fraction of sp³-hybridized carbons (Fsp3) is 1.00. The molecule has 2 nitrogen and oxygen atoms in total. The number of hydrogen-bond donors (Lipinski definition) is 1. The highest BCUT2D eigenvalue weighted by Gasteiger charge is 2.30. The quantitative estimate of drug-likeness (QED) is 0.413. The summed E-state index contributed by atoms with van der Waals surface area (Å²) in [6.45, 7) is 0.738. The molecular formula is C4H8O2S. The number of epoxide rings is 1. The lowest BCUT2D eigenvalue weighted by Gasteiger charge is -1.98. The fourth-order valence-corrected chi connectivity index (χ4v) is 0.833. The van der Waals surface area contributed by atoms with Crippen LogP contribution in [0.5, 0.6) is 0 Å². The minimum absolute atomic E-state index is 0.134. The number of rotatable bonds is 2. The Balaban J connectivity index is 2.10. The lowest BCUT2D eigenvalue weighted by molar-refractivity contribution is 0.213. The maximum atomic E-state index is 8.84. The van der Waals surface area contributed by atoms with Crippen molar-refractivity contribution in [1.29, 1.82) is 0 Å². The van der Waals surface area contributed by atoms with Gasteiger partial charge in [-0.25, -0.2) is 0 Å². The molecule has 0 amide bonds. The van der Waals surface area contributed by atoms with Gasteiger partial charge in [0.25, 0.3) is 0 Å². The van der Waals surface area contributed by atoms with Gasteiger partial charge in [0, 0.05) is 0 Å². The van der Waals surface area contributed by atoms with E-state index in [2.05, 4.69) is 0 Å². The SMILES string of the molecule is CSC(O)C1CO1. The largest absolute Gasteiger partial charge is 0.380 e. The zero-order chi connectivity index (χ0) is 5.28. The van der Waals surface area contributed by atoms with E-state index in [1.807, 2.05) is 6.26 Å². The summed E-state index contributed by atoms with van der Waals surface area (Å²) in [5, 5.41) is 8.84. The van der Waals surface area contributed by atoms with Gasteiger partial charge in [0.05, 0.1) is 6.61 Å². The Bertz CT molecular complexity index is 62.7. The van der Waals surface area contributed by atoms with E-state index in [0.29, 0.717) is 0 Å². The fourth-order valence-electron chi connectivity index (χ4n) is 0.372. The van der Waals surface area contributed by atoms with Crippen LogP contribution < -0.4 is 0 Å². The summed E-state index contributed by atoms with van der Waals surface area (Å²) in [6, 6.07) is 0. The molecule has 0 aromatic carbocycles. The molecule has 0 aliphatic carbocycles. The second kappa shape index (κ2) is 2.03. The van der Waals surface area contributed by atoms with Crippen LogP contribution in [-0.4, -0.2) is 29.5 Å². The molecule has 1 fully saturated rings. The summed E-state index contributed by atoms with van der Waals surface area (Å²) in [6.07, 6.45) is 2.00. The minimum atomic E-state index is -0.292. The highest BCUT2D eigenvalue weighted by molar-refractivity contribution is 7.99. The second-order valence-corrected chi connectivity index (χ2v) is 2.45. The minimum Gasteiger partial charge on any atom is -0.380 e. The van der Waals surface area contributed by atoms with E-state index >= 15 is 0 Å². The molecule has 1 aliphatic heterocycles. The Labute approximate surface area is 46.9 Å². The third-order valence-electron chi connectivity index (χ3n) is 0.919. The average molecular weight is 120 g/mol. The van der Waals surface area contributed by atoms with E-state index in [4.69, 9.17) is 9.84 Å². The Kier molecular flexibility index (Phi) is 1.57. The topological polar surface area (TPSA) is 32.8 Å². The molecule has 0 saturated carbocycles. The number of ether oxygens (including phenoxy) is 1. The summed E-state index contributed by atoms with van der Waals surface area (Å²) in [5.74, 6) is 0. The predicted octanol–water partition coefficient (Wildman–Crippen LogP) is 0.0666. The summed E-state index contributed by atoms with van der Waals surface area (Å²) in [7, 11) is 0. The van der Waals surface area contributed by atoms with Crippen molar-refractivity contribution >= 4 is 11.8 Å². The maximum absolute atomic E-state index is 8.84. The van der Waals surface area contributed by atoms with Gasteiger partial charge in [-0.05, 0) is 6.26 Å². The third-order valence-corrected chi connectivity index (χ3v) is 1.71. The van der Waals surface area contributed by atoms with Crippen LogP contribution in [0.3, 0.4) is 0 Å². The van der Waals surface area contributed by atoms with E-state index in [-0.39, 0.29) is 11.5 Å². The van der Waals surface area contributed by atoms with Crippen molar-refractivity contribution in [2.45, 2.75) is 11.5 Å². The zero-order valence-electron chi connectivity index (χ0n) is 4.13. The van der Waals surface area contributed by atoms with Crippen LogP contribution in [-0.2, 0) is 4.74 Å². The molecule has 2 unspecified atom stereocenters. The van der Waals surface area contributed by atoms with Crippen LogP contribution in [0.25, 0.3) is 0 Å². The first-order chi connectivity index (χ1) is 3.34. The molecule has 0 aromatic heterocycles. The first-order valence-electron chi connectivity index (χ1n) is 2.17. The van der Waals surface area contributed by atoms with E-state index in [1.54, 1.807) is 0 Å². The molecule has 0 bridgehead atoms. The molecule has 1 rings (SSSR count). The number of hydrogen-bond acceptors (Lipinski definition) is 3. The highest BCUT2D eigenvalue weighted by Crippen LogP contribution is 2.20. The van der Waals surface area contributed by atoms with Crippen molar-refractivity contribution in [3.63, 3.8) is 0 Å². The summed E-state index contributed by atoms with van der Waals surface area (Å²) < 4.78 is 4.79. The van der Waals surface area contributed by atoms with E-state index < -0.39 is 0 Å². The van der Waals surface area contributed by atoms with Gasteiger partial charge in [-0.2, -0.15) is 0 Å². The summed E-state index contributed by atoms with van der Waals surface area (Å²) >= 11 is 1.43. The lowest BCUT2D eigenvalue weighted by atomic mass is 10.5. The Hall–Kier alpha value is 0.270. The van der Waals surface area contributed by atoms with Gasteiger partial charge in [-0.1, -0.05) is 0 Å². The Morgan fingerprint density at radius 3 is 2.71 bits per heavy atom. The third kappa shape index (κ3) is 1.33. The molecular weight excluding hydrogens is 112 g/mol. The first-order valence-corrected chi connectivity index (χ1v) is 3.46. The van der Waals surface area contributed by atoms with Crippen LogP contribution >= 0.6 is 11.8 Å². The molecule has 1 saturated heterocycles. The average Bonchev–Trinajstić information content (AvgIpc) is 2.44. The molecule has 0 aromatic rings. The first kappa shape index (κ1) is 5.41. The van der Waals surface area contributed by atoms with Crippen molar-refractivity contribution in [1.82, 2.24) is 0 Å². The van der Waals surface area contributed by atoms with Crippen molar-refractivity contribution in [3.8, 4) is 0 Å². The van der Waals surface area contributed by atoms with Gasteiger partial charge in [-0.15, -0.1) is 11.8 Å². The predicted molar refractivity (Wildman–Crippen MR) is 29.3 cm³/mol. The van der Waals surface area contributed by atoms with Crippen LogP contribution in [0, 0.1) is 0 Å². The summed E-state index contributed by atoms with van der Waals surface area (Å²) in [4.78, 5) is 0. The standard InChI is InChI=1S/C4H8O2S/c1-7-4(5)3-2-6-3/h3-5H,2H2,1H3. The molecule has 3 heteroatoms. The van der Waals surface area contributed by atoms with Crippen LogP contribution in [0.15, 0.2) is 0 Å². The maximum Gasteiger partial charge on any atom is 0.127 e. The van der Waals surface area contributed by atoms with Gasteiger partial charge < -0.3 is 9.84 Å². The Morgan fingerprint density at radius 2 is 2.57 bits per heavy atom. The molecule has 0 spiro atoms. The number of aliphatic hydroxyl groups is 1. The van der Waals surface area contributed by atoms with Crippen LogP contribution in [0.4, 0.5) is 0 Å².